The number of carboxylic acids is 1. The summed E-state index contributed by atoms with van der Waals surface area (Å²) in [5, 5.41) is 12.7. The number of benzene rings is 1. The molecule has 4 aromatic rings. The van der Waals surface area contributed by atoms with Gasteiger partial charge in [0.1, 0.15) is 41.1 Å². The molecule has 0 amide bonds. The molecule has 280 valence electrons. The highest BCUT2D eigenvalue weighted by molar-refractivity contribution is 6.30. The monoisotopic (exact) mass is 747 g/mol. The predicted octanol–water partition coefficient (Wildman–Crippen LogP) is 6.56. The van der Waals surface area contributed by atoms with Crippen LogP contribution < -0.4 is 15.0 Å². The van der Waals surface area contributed by atoms with E-state index in [-0.39, 0.29) is 72.2 Å². The van der Waals surface area contributed by atoms with Gasteiger partial charge in [-0.15, -0.1) is 0 Å². The fourth-order valence-electron chi connectivity index (χ4n) is 6.61. The highest BCUT2D eigenvalue weighted by atomic mass is 35.5. The van der Waals surface area contributed by atoms with Crippen molar-refractivity contribution >= 4 is 51.4 Å². The number of carboxylic acid groups (broad SMARTS) is 1. The zero-order valence-corrected chi connectivity index (χ0v) is 30.0. The Balaban J connectivity index is 1.40. The lowest BCUT2D eigenvalue weighted by atomic mass is 9.79. The molecule has 1 aromatic carbocycles. The summed E-state index contributed by atoms with van der Waals surface area (Å²) in [5.74, 6) is -6.84. The minimum absolute atomic E-state index is 0.0131. The van der Waals surface area contributed by atoms with Gasteiger partial charge in [0.15, 0.2) is 11.4 Å². The SMILES string of the molecule is C[C@H]1CNCC[C@]1(F)c1cc(Cl)cnc1O[C@H]1C[C@@H](C(=O)OC(C)(C)C)N(c2nc(C(F)(F)COCCCC(=O)O)nc3c2oc2ccccc23)C1. The van der Waals surface area contributed by atoms with Crippen molar-refractivity contribution in [1.82, 2.24) is 20.3 Å². The summed E-state index contributed by atoms with van der Waals surface area (Å²) in [6.45, 7) is 6.39. The van der Waals surface area contributed by atoms with Crippen LogP contribution in [0.1, 0.15) is 64.8 Å². The van der Waals surface area contributed by atoms with Gasteiger partial charge in [0, 0.05) is 43.5 Å². The van der Waals surface area contributed by atoms with Gasteiger partial charge in [-0.1, -0.05) is 30.7 Å². The number of anilines is 1. The molecule has 2 aliphatic rings. The Bertz CT molecular complexity index is 1960. The summed E-state index contributed by atoms with van der Waals surface area (Å²) in [6, 6.07) is 7.18. The van der Waals surface area contributed by atoms with Crippen molar-refractivity contribution in [2.75, 3.05) is 37.7 Å². The number of halogens is 4. The number of pyridine rings is 1. The predicted molar refractivity (Wildman–Crippen MR) is 186 cm³/mol. The minimum atomic E-state index is -3.72. The summed E-state index contributed by atoms with van der Waals surface area (Å²) >= 11 is 6.30. The number of nitrogens with one attached hydrogen (secondary N) is 1. The molecule has 0 saturated carbocycles. The molecule has 0 bridgehead atoms. The number of carbonyl (C=O) groups is 2. The molecule has 0 radical (unpaired) electrons. The Kier molecular flexibility index (Phi) is 10.6. The standard InChI is InChI=1S/C36H41ClF3N5O7/c1-20-16-41-12-11-35(20,38)24-14-21(37)17-42-31(24)50-22-15-25(32(48)52-34(2,3)4)45(18-22)30-29-28(23-8-5-6-9-26(23)51-29)43-33(44-30)36(39,40)19-49-13-7-10-27(46)47/h5-6,8-9,14,17,20,22,25,41H,7,10-13,15-16,18-19H2,1-4H3,(H,46,47)/t20-,22-,25-,35+/m0/s1. The zero-order chi connectivity index (χ0) is 37.4. The Labute approximate surface area is 303 Å². The van der Waals surface area contributed by atoms with Crippen LogP contribution in [0, 0.1) is 5.92 Å². The molecule has 16 heteroatoms. The second-order valence-electron chi connectivity index (χ2n) is 14.3. The maximum absolute atomic E-state index is 16.7. The van der Waals surface area contributed by atoms with Gasteiger partial charge in [0.2, 0.25) is 11.7 Å². The third kappa shape index (κ3) is 7.91. The number of aliphatic carboxylic acids is 1. The number of alkyl halides is 3. The molecule has 2 N–H and O–H groups in total. The second kappa shape index (κ2) is 14.7. The second-order valence-corrected chi connectivity index (χ2v) is 14.7. The van der Waals surface area contributed by atoms with Gasteiger partial charge in [-0.05, 0) is 58.4 Å². The van der Waals surface area contributed by atoms with Crippen LogP contribution in [0.15, 0.2) is 40.9 Å². The Morgan fingerprint density at radius 3 is 2.71 bits per heavy atom. The van der Waals surface area contributed by atoms with Crippen LogP contribution in [0.3, 0.4) is 0 Å². The molecule has 6 rings (SSSR count). The highest BCUT2D eigenvalue weighted by Crippen LogP contribution is 2.45. The third-order valence-electron chi connectivity index (χ3n) is 9.15. The van der Waals surface area contributed by atoms with Gasteiger partial charge in [-0.25, -0.2) is 24.1 Å². The number of nitrogens with zero attached hydrogens (tertiary/aromatic N) is 4. The van der Waals surface area contributed by atoms with Crippen LogP contribution in [0.25, 0.3) is 22.1 Å². The Morgan fingerprint density at radius 2 is 1.98 bits per heavy atom. The molecular weight excluding hydrogens is 707 g/mol. The number of hydrogen-bond acceptors (Lipinski definition) is 11. The number of rotatable bonds is 12. The molecule has 0 aliphatic carbocycles. The van der Waals surface area contributed by atoms with E-state index in [1.54, 1.807) is 52.0 Å². The molecule has 5 heterocycles. The van der Waals surface area contributed by atoms with Crippen LogP contribution in [-0.4, -0.2) is 82.6 Å². The van der Waals surface area contributed by atoms with Gasteiger partial charge in [-0.3, -0.25) is 4.79 Å². The average molecular weight is 748 g/mol. The fourth-order valence-corrected chi connectivity index (χ4v) is 6.77. The van der Waals surface area contributed by atoms with Crippen molar-refractivity contribution in [3.05, 3.63) is 52.9 Å². The van der Waals surface area contributed by atoms with E-state index >= 15 is 13.2 Å². The Morgan fingerprint density at radius 1 is 1.21 bits per heavy atom. The van der Waals surface area contributed by atoms with E-state index in [0.29, 0.717) is 24.1 Å². The zero-order valence-electron chi connectivity index (χ0n) is 29.3. The number of furan rings is 1. The molecule has 0 unspecified atom stereocenters. The third-order valence-corrected chi connectivity index (χ3v) is 9.35. The van der Waals surface area contributed by atoms with Gasteiger partial charge >= 0.3 is 17.9 Å². The van der Waals surface area contributed by atoms with Crippen molar-refractivity contribution in [2.45, 2.75) is 82.7 Å². The molecule has 12 nitrogen and oxygen atoms in total. The average Bonchev–Trinajstić information content (AvgIpc) is 3.67. The smallest absolute Gasteiger partial charge is 0.329 e. The first-order chi connectivity index (χ1) is 24.6. The van der Waals surface area contributed by atoms with Gasteiger partial charge in [0.25, 0.3) is 0 Å². The van der Waals surface area contributed by atoms with E-state index in [2.05, 4.69) is 20.3 Å². The lowest BCUT2D eigenvalue weighted by Gasteiger charge is -2.37. The van der Waals surface area contributed by atoms with Crippen LogP contribution in [0.5, 0.6) is 5.88 Å². The summed E-state index contributed by atoms with van der Waals surface area (Å²) in [5.41, 5.74) is -1.99. The van der Waals surface area contributed by atoms with Gasteiger partial charge in [-0.2, -0.15) is 8.78 Å². The summed E-state index contributed by atoms with van der Waals surface area (Å²) < 4.78 is 71.8. The van der Waals surface area contributed by atoms with E-state index in [9.17, 15) is 9.59 Å². The molecule has 2 saturated heterocycles. The molecular formula is C36H41ClF3N5O7. The molecule has 4 atom stereocenters. The number of piperidine rings is 1. The highest BCUT2D eigenvalue weighted by Gasteiger charge is 2.47. The summed E-state index contributed by atoms with van der Waals surface area (Å²) in [4.78, 5) is 39.1. The maximum Gasteiger partial charge on any atom is 0.329 e. The summed E-state index contributed by atoms with van der Waals surface area (Å²) in [7, 11) is 0. The van der Waals surface area contributed by atoms with Crippen molar-refractivity contribution in [3.63, 3.8) is 0 Å². The van der Waals surface area contributed by atoms with Crippen LogP contribution in [0.4, 0.5) is 19.0 Å². The molecule has 52 heavy (non-hydrogen) atoms. The van der Waals surface area contributed by atoms with Gasteiger partial charge in [0.05, 0.1) is 17.1 Å². The van der Waals surface area contributed by atoms with E-state index in [1.807, 2.05) is 0 Å². The van der Waals surface area contributed by atoms with Crippen molar-refractivity contribution in [2.24, 2.45) is 5.92 Å². The normalized spacial score (nSPS) is 22.6. The maximum atomic E-state index is 16.7. The first-order valence-electron chi connectivity index (χ1n) is 17.1. The van der Waals surface area contributed by atoms with Crippen molar-refractivity contribution < 1.29 is 46.5 Å². The number of aromatic nitrogens is 3. The topological polar surface area (TPSA) is 149 Å². The first kappa shape index (κ1) is 37.5. The molecule has 2 fully saturated rings. The van der Waals surface area contributed by atoms with E-state index in [1.165, 1.54) is 17.2 Å². The lowest BCUT2D eigenvalue weighted by Crippen LogP contribution is -2.44. The van der Waals surface area contributed by atoms with Crippen LogP contribution in [0.2, 0.25) is 5.02 Å². The number of fused-ring (bicyclic) bond motifs is 3. The summed E-state index contributed by atoms with van der Waals surface area (Å²) in [6.07, 6.45) is 0.530. The van der Waals surface area contributed by atoms with Crippen LogP contribution >= 0.6 is 11.6 Å². The molecule has 0 spiro atoms. The molecule has 3 aromatic heterocycles. The first-order valence-corrected chi connectivity index (χ1v) is 17.5. The quantitative estimate of drug-likeness (QED) is 0.119. The number of ether oxygens (including phenoxy) is 3. The minimum Gasteiger partial charge on any atom is -0.481 e. The van der Waals surface area contributed by atoms with E-state index in [0.717, 1.165) is 0 Å². The molecule has 2 aliphatic heterocycles. The van der Waals surface area contributed by atoms with Gasteiger partial charge < -0.3 is 34.0 Å². The number of para-hydroxylation sites is 1. The fraction of sp³-hybridized carbons (Fsp3) is 0.528. The van der Waals surface area contributed by atoms with Crippen molar-refractivity contribution in [1.29, 1.82) is 0 Å². The number of hydrogen-bond donors (Lipinski definition) is 2. The largest absolute Gasteiger partial charge is 0.481 e. The van der Waals surface area contributed by atoms with Crippen LogP contribution in [-0.2, 0) is 30.7 Å². The Hall–Kier alpha value is -4.21. The number of esters is 1. The number of carbonyl (C=O) groups excluding carboxylic acids is 1. The van der Waals surface area contributed by atoms with E-state index < -0.39 is 59.6 Å². The van der Waals surface area contributed by atoms with E-state index in [4.69, 9.17) is 35.3 Å². The lowest BCUT2D eigenvalue weighted by molar-refractivity contribution is -0.156. The van der Waals surface area contributed by atoms with Crippen molar-refractivity contribution in [3.8, 4) is 5.88 Å².